The third kappa shape index (κ3) is 3.67. The second kappa shape index (κ2) is 7.07. The van der Waals surface area contributed by atoms with Crippen molar-refractivity contribution in [3.8, 4) is 0 Å². The number of ether oxygens (including phenoxy) is 2. The molecule has 2 rings (SSSR count). The summed E-state index contributed by atoms with van der Waals surface area (Å²) in [4.78, 5) is 28.7. The lowest BCUT2D eigenvalue weighted by atomic mass is 10.1. The standard InChI is InChI=1S/C15H19N5O4/c1-9-6-7-12(10(2)8-9)13(21)16-14-17-18-20(19(14)4)11(3)24-15(22)23-5/h6-8,11H,1-5H3. The minimum Gasteiger partial charge on any atom is -0.438 e. The van der Waals surface area contributed by atoms with Crippen LogP contribution in [-0.4, -0.2) is 39.0 Å². The van der Waals surface area contributed by atoms with Crippen LogP contribution < -0.4 is 5.62 Å². The highest BCUT2D eigenvalue weighted by molar-refractivity contribution is 5.96. The zero-order valence-corrected chi connectivity index (χ0v) is 14.2. The molecule has 0 aliphatic rings. The van der Waals surface area contributed by atoms with Gasteiger partial charge in [0, 0.05) is 12.6 Å². The lowest BCUT2D eigenvalue weighted by Gasteiger charge is -2.13. The van der Waals surface area contributed by atoms with Crippen molar-refractivity contribution in [2.75, 3.05) is 7.11 Å². The fraction of sp³-hybridized carbons (Fsp3) is 0.400. The molecule has 128 valence electrons. The molecule has 0 aliphatic carbocycles. The van der Waals surface area contributed by atoms with Gasteiger partial charge in [0.15, 0.2) is 0 Å². The Morgan fingerprint density at radius 2 is 2.00 bits per heavy atom. The minimum atomic E-state index is -0.845. The van der Waals surface area contributed by atoms with Crippen LogP contribution in [0.2, 0.25) is 0 Å². The number of carbonyl (C=O) groups is 2. The minimum absolute atomic E-state index is 0.0975. The highest BCUT2D eigenvalue weighted by Gasteiger charge is 2.16. The van der Waals surface area contributed by atoms with Gasteiger partial charge in [0.25, 0.3) is 11.5 Å². The van der Waals surface area contributed by atoms with E-state index in [1.807, 2.05) is 26.0 Å². The Hall–Kier alpha value is -2.97. The Kier molecular flexibility index (Phi) is 5.12. The molecule has 1 heterocycles. The number of tetrazole rings is 1. The van der Waals surface area contributed by atoms with Crippen LogP contribution in [0.25, 0.3) is 0 Å². The normalized spacial score (nSPS) is 12.8. The number of benzene rings is 1. The van der Waals surface area contributed by atoms with Gasteiger partial charge in [-0.15, -0.1) is 4.80 Å². The third-order valence-corrected chi connectivity index (χ3v) is 3.40. The Bertz CT molecular complexity index is 837. The van der Waals surface area contributed by atoms with Gasteiger partial charge in [0.05, 0.1) is 7.11 Å². The zero-order chi connectivity index (χ0) is 17.9. The van der Waals surface area contributed by atoms with E-state index in [0.29, 0.717) is 5.56 Å². The lowest BCUT2D eigenvalue weighted by Crippen LogP contribution is -2.27. The first-order chi connectivity index (χ1) is 11.3. The Morgan fingerprint density at radius 1 is 1.29 bits per heavy atom. The predicted octanol–water partition coefficient (Wildman–Crippen LogP) is 1.28. The summed E-state index contributed by atoms with van der Waals surface area (Å²) in [5.41, 5.74) is 2.49. The van der Waals surface area contributed by atoms with E-state index in [1.54, 1.807) is 20.0 Å². The number of methoxy groups -OCH3 is 1. The van der Waals surface area contributed by atoms with Crippen molar-refractivity contribution in [1.82, 2.24) is 19.8 Å². The average Bonchev–Trinajstić information content (AvgIpc) is 2.88. The molecule has 0 saturated carbocycles. The van der Waals surface area contributed by atoms with E-state index >= 15 is 0 Å². The number of rotatable bonds is 3. The molecule has 0 spiro atoms. The molecule has 1 aromatic heterocycles. The van der Waals surface area contributed by atoms with Gasteiger partial charge in [0.2, 0.25) is 6.23 Å². The summed E-state index contributed by atoms with van der Waals surface area (Å²) in [7, 11) is 2.81. The van der Waals surface area contributed by atoms with Crippen molar-refractivity contribution in [3.63, 3.8) is 0 Å². The number of aromatic nitrogens is 4. The number of hydrogen-bond donors (Lipinski definition) is 0. The average molecular weight is 333 g/mol. The lowest BCUT2D eigenvalue weighted by molar-refractivity contribution is -0.00282. The Balaban J connectivity index is 2.31. The van der Waals surface area contributed by atoms with Gasteiger partial charge in [-0.3, -0.25) is 4.79 Å². The van der Waals surface area contributed by atoms with Crippen molar-refractivity contribution in [3.05, 3.63) is 40.5 Å². The molecule has 1 amide bonds. The van der Waals surface area contributed by atoms with Crippen LogP contribution in [-0.2, 0) is 16.5 Å². The van der Waals surface area contributed by atoms with E-state index in [4.69, 9.17) is 4.74 Å². The Labute approximate surface area is 138 Å². The summed E-state index contributed by atoms with van der Waals surface area (Å²) in [5, 5.41) is 7.68. The van der Waals surface area contributed by atoms with Gasteiger partial charge >= 0.3 is 6.16 Å². The molecular weight excluding hydrogens is 314 g/mol. The summed E-state index contributed by atoms with van der Waals surface area (Å²) in [6, 6.07) is 5.48. The number of nitrogens with zero attached hydrogens (tertiary/aromatic N) is 5. The Morgan fingerprint density at radius 3 is 2.62 bits per heavy atom. The van der Waals surface area contributed by atoms with Gasteiger partial charge in [-0.1, -0.05) is 22.8 Å². The van der Waals surface area contributed by atoms with E-state index in [2.05, 4.69) is 20.0 Å². The molecule has 1 aromatic carbocycles. The van der Waals surface area contributed by atoms with Crippen LogP contribution in [0.4, 0.5) is 4.79 Å². The van der Waals surface area contributed by atoms with Gasteiger partial charge in [-0.25, -0.2) is 9.48 Å². The van der Waals surface area contributed by atoms with E-state index in [9.17, 15) is 9.59 Å². The highest BCUT2D eigenvalue weighted by atomic mass is 16.7. The molecule has 0 radical (unpaired) electrons. The fourth-order valence-corrected chi connectivity index (χ4v) is 2.15. The van der Waals surface area contributed by atoms with Gasteiger partial charge in [-0.2, -0.15) is 4.99 Å². The monoisotopic (exact) mass is 333 g/mol. The number of hydrogen-bond acceptors (Lipinski definition) is 6. The number of amides is 1. The SMILES string of the molecule is COC(=O)OC(C)n1nnc(=NC(=O)c2ccc(C)cc2C)n1C. The molecule has 24 heavy (non-hydrogen) atoms. The maximum atomic E-state index is 12.3. The molecule has 0 fully saturated rings. The van der Waals surface area contributed by atoms with Gasteiger partial charge in [0.1, 0.15) is 0 Å². The highest BCUT2D eigenvalue weighted by Crippen LogP contribution is 2.11. The smallest absolute Gasteiger partial charge is 0.438 e. The molecule has 1 unspecified atom stereocenters. The van der Waals surface area contributed by atoms with Crippen LogP contribution in [0.1, 0.15) is 34.6 Å². The summed E-state index contributed by atoms with van der Waals surface area (Å²) >= 11 is 0. The van der Waals surface area contributed by atoms with Crippen LogP contribution in [0.5, 0.6) is 0 Å². The molecule has 9 heteroatoms. The molecular formula is C15H19N5O4. The maximum absolute atomic E-state index is 12.3. The third-order valence-electron chi connectivity index (χ3n) is 3.40. The van der Waals surface area contributed by atoms with Crippen LogP contribution in [0.15, 0.2) is 23.2 Å². The molecule has 9 nitrogen and oxygen atoms in total. The molecule has 0 bridgehead atoms. The van der Waals surface area contributed by atoms with E-state index in [0.717, 1.165) is 11.1 Å². The van der Waals surface area contributed by atoms with Crippen molar-refractivity contribution >= 4 is 12.1 Å². The molecule has 1 atom stereocenters. The predicted molar refractivity (Wildman–Crippen MR) is 83.0 cm³/mol. The van der Waals surface area contributed by atoms with E-state index in [1.165, 1.54) is 16.6 Å². The first-order valence-corrected chi connectivity index (χ1v) is 7.23. The van der Waals surface area contributed by atoms with Crippen molar-refractivity contribution < 1.29 is 19.1 Å². The van der Waals surface area contributed by atoms with Crippen LogP contribution in [0, 0.1) is 13.8 Å². The fourth-order valence-electron chi connectivity index (χ4n) is 2.15. The van der Waals surface area contributed by atoms with E-state index < -0.39 is 18.3 Å². The topological polar surface area (TPSA) is 101 Å². The second-order valence-corrected chi connectivity index (χ2v) is 5.24. The first kappa shape index (κ1) is 17.4. The van der Waals surface area contributed by atoms with Crippen LogP contribution in [0.3, 0.4) is 0 Å². The molecule has 0 saturated heterocycles. The van der Waals surface area contributed by atoms with Crippen LogP contribution >= 0.6 is 0 Å². The number of carbonyl (C=O) groups excluding carboxylic acids is 2. The molecule has 2 aromatic rings. The van der Waals surface area contributed by atoms with E-state index in [-0.39, 0.29) is 5.62 Å². The van der Waals surface area contributed by atoms with Crippen molar-refractivity contribution in [2.24, 2.45) is 12.0 Å². The summed E-state index contributed by atoms with van der Waals surface area (Å²) in [6.07, 6.45) is -1.61. The molecule has 0 N–H and O–H groups in total. The zero-order valence-electron chi connectivity index (χ0n) is 14.2. The largest absolute Gasteiger partial charge is 0.510 e. The second-order valence-electron chi connectivity index (χ2n) is 5.24. The summed E-state index contributed by atoms with van der Waals surface area (Å²) < 4.78 is 10.8. The summed E-state index contributed by atoms with van der Waals surface area (Å²) in [6.45, 7) is 5.38. The maximum Gasteiger partial charge on any atom is 0.510 e. The molecule has 0 aliphatic heterocycles. The van der Waals surface area contributed by atoms with Gasteiger partial charge in [-0.05, 0) is 37.6 Å². The first-order valence-electron chi connectivity index (χ1n) is 7.23. The van der Waals surface area contributed by atoms with Crippen molar-refractivity contribution in [2.45, 2.75) is 27.0 Å². The van der Waals surface area contributed by atoms with Crippen molar-refractivity contribution in [1.29, 1.82) is 0 Å². The number of aryl methyl sites for hydroxylation is 2. The quantitative estimate of drug-likeness (QED) is 0.784. The summed E-state index contributed by atoms with van der Waals surface area (Å²) in [5.74, 6) is -0.420. The van der Waals surface area contributed by atoms with Gasteiger partial charge < -0.3 is 9.47 Å².